The monoisotopic (exact) mass is 264 g/mol. The third-order valence-electron chi connectivity index (χ3n) is 4.63. The first kappa shape index (κ1) is 12.7. The minimum absolute atomic E-state index is 0.301. The Morgan fingerprint density at radius 1 is 1.26 bits per heavy atom. The zero-order chi connectivity index (χ0) is 13.4. The number of nitrogens with zero attached hydrogens (tertiary/aromatic N) is 2. The molecule has 0 radical (unpaired) electrons. The normalized spacial score (nSPS) is 30.4. The number of hydrogen-bond donors (Lipinski definition) is 1. The van der Waals surface area contributed by atoms with Crippen LogP contribution in [0.4, 0.5) is 0 Å². The second kappa shape index (κ2) is 4.96. The van der Waals surface area contributed by atoms with Crippen molar-refractivity contribution in [1.29, 1.82) is 0 Å². The van der Waals surface area contributed by atoms with Crippen molar-refractivity contribution in [2.45, 2.75) is 31.8 Å². The number of hydrogen-bond acceptors (Lipinski definition) is 5. The molecule has 0 spiro atoms. The number of aliphatic hydroxyl groups is 1. The Morgan fingerprint density at radius 3 is 2.68 bits per heavy atom. The van der Waals surface area contributed by atoms with Gasteiger partial charge in [0, 0.05) is 0 Å². The molecule has 3 rings (SSSR count). The summed E-state index contributed by atoms with van der Waals surface area (Å²) >= 11 is 0. The number of rotatable bonds is 4. The molecule has 1 aromatic rings. The van der Waals surface area contributed by atoms with E-state index in [0.29, 0.717) is 29.3 Å². The van der Waals surface area contributed by atoms with Crippen LogP contribution in [0.1, 0.15) is 37.5 Å². The minimum Gasteiger partial charge on any atom is -0.480 e. The highest BCUT2D eigenvalue weighted by atomic mass is 16.5. The molecule has 2 aliphatic rings. The van der Waals surface area contributed by atoms with Gasteiger partial charge in [0.1, 0.15) is 11.8 Å². The van der Waals surface area contributed by atoms with Crippen molar-refractivity contribution in [3.63, 3.8) is 0 Å². The number of ether oxygens (including phenoxy) is 2. The van der Waals surface area contributed by atoms with Gasteiger partial charge in [-0.05, 0) is 37.0 Å². The first-order valence-electron chi connectivity index (χ1n) is 6.86. The van der Waals surface area contributed by atoms with Crippen molar-refractivity contribution in [2.24, 2.45) is 17.8 Å². The summed E-state index contributed by atoms with van der Waals surface area (Å²) in [5.74, 6) is 2.50. The summed E-state index contributed by atoms with van der Waals surface area (Å²) in [6.07, 6.45) is 5.87. The van der Waals surface area contributed by atoms with Crippen molar-refractivity contribution >= 4 is 0 Å². The van der Waals surface area contributed by atoms with Crippen LogP contribution in [0.25, 0.3) is 0 Å². The smallest absolute Gasteiger partial charge is 0.241 e. The third-order valence-corrected chi connectivity index (χ3v) is 4.63. The lowest BCUT2D eigenvalue weighted by Gasteiger charge is -2.26. The van der Waals surface area contributed by atoms with E-state index >= 15 is 0 Å². The van der Waals surface area contributed by atoms with E-state index in [2.05, 4.69) is 9.97 Å². The molecule has 104 valence electrons. The number of aliphatic hydroxyl groups excluding tert-OH is 1. The average molecular weight is 264 g/mol. The SMILES string of the molecule is COc1cnc(C(O)C2CC3CCC2C3)c(OC)n1. The van der Waals surface area contributed by atoms with Gasteiger partial charge in [-0.2, -0.15) is 4.98 Å². The van der Waals surface area contributed by atoms with E-state index in [1.807, 2.05) is 0 Å². The van der Waals surface area contributed by atoms with Crippen LogP contribution in [-0.4, -0.2) is 29.3 Å². The fourth-order valence-electron chi connectivity index (χ4n) is 3.70. The second-order valence-corrected chi connectivity index (χ2v) is 5.59. The molecule has 0 saturated heterocycles. The molecule has 0 amide bonds. The van der Waals surface area contributed by atoms with Crippen molar-refractivity contribution in [2.75, 3.05) is 14.2 Å². The highest BCUT2D eigenvalue weighted by Gasteiger charge is 2.44. The molecule has 1 N–H and O–H groups in total. The van der Waals surface area contributed by atoms with E-state index < -0.39 is 6.10 Å². The van der Waals surface area contributed by atoms with Crippen molar-refractivity contribution in [3.05, 3.63) is 11.9 Å². The summed E-state index contributed by atoms with van der Waals surface area (Å²) in [5.41, 5.74) is 0.542. The number of fused-ring (bicyclic) bond motifs is 2. The minimum atomic E-state index is -0.580. The Balaban J connectivity index is 1.85. The molecule has 0 aromatic carbocycles. The van der Waals surface area contributed by atoms with Crippen LogP contribution in [0.2, 0.25) is 0 Å². The van der Waals surface area contributed by atoms with Crippen LogP contribution in [0.5, 0.6) is 11.8 Å². The van der Waals surface area contributed by atoms with Crippen LogP contribution in [0.15, 0.2) is 6.20 Å². The maximum absolute atomic E-state index is 10.6. The van der Waals surface area contributed by atoms with Crippen LogP contribution >= 0.6 is 0 Å². The Hall–Kier alpha value is -1.36. The van der Waals surface area contributed by atoms with Gasteiger partial charge in [0.2, 0.25) is 11.8 Å². The van der Waals surface area contributed by atoms with Gasteiger partial charge in [-0.15, -0.1) is 0 Å². The molecule has 4 atom stereocenters. The largest absolute Gasteiger partial charge is 0.480 e. The van der Waals surface area contributed by atoms with E-state index in [1.165, 1.54) is 32.6 Å². The molecule has 2 fully saturated rings. The van der Waals surface area contributed by atoms with Crippen LogP contribution in [-0.2, 0) is 0 Å². The molecule has 19 heavy (non-hydrogen) atoms. The third kappa shape index (κ3) is 2.16. The molecular weight excluding hydrogens is 244 g/mol. The van der Waals surface area contributed by atoms with Crippen molar-refractivity contribution in [3.8, 4) is 11.8 Å². The van der Waals surface area contributed by atoms with Gasteiger partial charge in [-0.3, -0.25) is 0 Å². The van der Waals surface area contributed by atoms with E-state index in [4.69, 9.17) is 9.47 Å². The van der Waals surface area contributed by atoms with Crippen molar-refractivity contribution < 1.29 is 14.6 Å². The van der Waals surface area contributed by atoms with Gasteiger partial charge in [0.05, 0.1) is 20.4 Å². The predicted octanol–water partition coefficient (Wildman–Crippen LogP) is 1.96. The zero-order valence-electron chi connectivity index (χ0n) is 11.4. The predicted molar refractivity (Wildman–Crippen MR) is 69.0 cm³/mol. The van der Waals surface area contributed by atoms with Crippen LogP contribution in [0, 0.1) is 17.8 Å². The summed E-state index contributed by atoms with van der Waals surface area (Å²) < 4.78 is 10.3. The quantitative estimate of drug-likeness (QED) is 0.900. The van der Waals surface area contributed by atoms with Crippen LogP contribution < -0.4 is 9.47 Å². The molecule has 2 bridgehead atoms. The van der Waals surface area contributed by atoms with Gasteiger partial charge in [-0.25, -0.2) is 4.98 Å². The Labute approximate surface area is 113 Å². The Morgan fingerprint density at radius 2 is 2.11 bits per heavy atom. The molecule has 1 aromatic heterocycles. The molecular formula is C14H20N2O3. The molecule has 5 heteroatoms. The first-order valence-corrected chi connectivity index (χ1v) is 6.86. The van der Waals surface area contributed by atoms with E-state index in [1.54, 1.807) is 7.11 Å². The number of aromatic nitrogens is 2. The molecule has 0 aliphatic heterocycles. The van der Waals surface area contributed by atoms with Gasteiger partial charge >= 0.3 is 0 Å². The summed E-state index contributed by atoms with van der Waals surface area (Å²) in [6, 6.07) is 0. The summed E-state index contributed by atoms with van der Waals surface area (Å²) in [6.45, 7) is 0. The van der Waals surface area contributed by atoms with Gasteiger partial charge in [-0.1, -0.05) is 6.42 Å². The molecule has 2 aliphatic carbocycles. The number of methoxy groups -OCH3 is 2. The second-order valence-electron chi connectivity index (χ2n) is 5.59. The highest BCUT2D eigenvalue weighted by molar-refractivity contribution is 5.25. The average Bonchev–Trinajstić information content (AvgIpc) is 3.08. The van der Waals surface area contributed by atoms with Crippen molar-refractivity contribution in [1.82, 2.24) is 9.97 Å². The molecule has 2 saturated carbocycles. The first-order chi connectivity index (χ1) is 9.22. The van der Waals surface area contributed by atoms with E-state index in [-0.39, 0.29) is 0 Å². The molecule has 1 heterocycles. The summed E-state index contributed by atoms with van der Waals surface area (Å²) in [4.78, 5) is 8.48. The Kier molecular flexibility index (Phi) is 3.31. The lowest BCUT2D eigenvalue weighted by molar-refractivity contribution is 0.0677. The lowest BCUT2D eigenvalue weighted by atomic mass is 9.83. The van der Waals surface area contributed by atoms with E-state index in [0.717, 1.165) is 12.3 Å². The summed E-state index contributed by atoms with van der Waals surface area (Å²) in [7, 11) is 3.08. The fourth-order valence-corrected chi connectivity index (χ4v) is 3.70. The van der Waals surface area contributed by atoms with Gasteiger partial charge in [0.25, 0.3) is 0 Å². The maximum atomic E-state index is 10.6. The lowest BCUT2D eigenvalue weighted by Crippen LogP contribution is -2.21. The van der Waals surface area contributed by atoms with E-state index in [9.17, 15) is 5.11 Å². The van der Waals surface area contributed by atoms with Gasteiger partial charge in [0.15, 0.2) is 0 Å². The Bertz CT molecular complexity index is 466. The van der Waals surface area contributed by atoms with Gasteiger partial charge < -0.3 is 14.6 Å². The maximum Gasteiger partial charge on any atom is 0.241 e. The zero-order valence-corrected chi connectivity index (χ0v) is 11.4. The topological polar surface area (TPSA) is 64.5 Å². The fraction of sp³-hybridized carbons (Fsp3) is 0.714. The highest BCUT2D eigenvalue weighted by Crippen LogP contribution is 2.52. The molecule has 4 unspecified atom stereocenters. The van der Waals surface area contributed by atoms with Crippen LogP contribution in [0.3, 0.4) is 0 Å². The molecule has 5 nitrogen and oxygen atoms in total. The summed E-state index contributed by atoms with van der Waals surface area (Å²) in [5, 5.41) is 10.6. The standard InChI is InChI=1S/C14H20N2O3/c1-18-11-7-15-12(14(16-11)19-2)13(17)10-6-8-3-4-9(10)5-8/h7-10,13,17H,3-6H2,1-2H3.